The molecule has 1 aromatic carbocycles. The van der Waals surface area contributed by atoms with Crippen LogP contribution in [0.25, 0.3) is 0 Å². The lowest BCUT2D eigenvalue weighted by atomic mass is 10.1. The van der Waals surface area contributed by atoms with Crippen LogP contribution in [-0.2, 0) is 0 Å². The summed E-state index contributed by atoms with van der Waals surface area (Å²) in [7, 11) is 0. The van der Waals surface area contributed by atoms with E-state index in [4.69, 9.17) is 0 Å². The maximum absolute atomic E-state index is 12.2. The third kappa shape index (κ3) is 2.84. The van der Waals surface area contributed by atoms with Crippen LogP contribution in [0.15, 0.2) is 24.3 Å². The van der Waals surface area contributed by atoms with E-state index in [1.54, 1.807) is 24.3 Å². The minimum atomic E-state index is -0.149. The first-order valence-electron chi connectivity index (χ1n) is 7.58. The lowest BCUT2D eigenvalue weighted by molar-refractivity contribution is 0.0645. The molecule has 2 amide bonds. The number of nitrogens with one attached hydrogen (secondary N) is 1. The maximum Gasteiger partial charge on any atom is 0.261 e. The Morgan fingerprint density at radius 2 is 1.81 bits per heavy atom. The first-order chi connectivity index (χ1) is 10.2. The highest BCUT2D eigenvalue weighted by Gasteiger charge is 2.34. The number of hydrogen-bond acceptors (Lipinski definition) is 4. The van der Waals surface area contributed by atoms with Crippen LogP contribution in [0.3, 0.4) is 0 Å². The average molecular weight is 287 g/mol. The summed E-state index contributed by atoms with van der Waals surface area (Å²) in [6, 6.07) is 7.57. The minimum absolute atomic E-state index is 0.149. The van der Waals surface area contributed by atoms with Gasteiger partial charge in [0.1, 0.15) is 0 Å². The Kier molecular flexibility index (Phi) is 4.03. The summed E-state index contributed by atoms with van der Waals surface area (Å²) >= 11 is 0. The van der Waals surface area contributed by atoms with Crippen molar-refractivity contribution in [3.05, 3.63) is 35.4 Å². The highest BCUT2D eigenvalue weighted by Crippen LogP contribution is 2.22. The van der Waals surface area contributed by atoms with Crippen LogP contribution < -0.4 is 5.32 Å². The van der Waals surface area contributed by atoms with Gasteiger partial charge in [-0.1, -0.05) is 12.1 Å². The molecule has 5 nitrogen and oxygen atoms in total. The van der Waals surface area contributed by atoms with Gasteiger partial charge in [-0.25, -0.2) is 0 Å². The molecule has 5 heteroatoms. The van der Waals surface area contributed by atoms with Gasteiger partial charge in [-0.2, -0.15) is 0 Å². The monoisotopic (exact) mass is 287 g/mol. The number of carbonyl (C=O) groups is 2. The molecule has 1 N–H and O–H groups in total. The van der Waals surface area contributed by atoms with E-state index in [0.717, 1.165) is 32.6 Å². The number of hydrogen-bond donors (Lipinski definition) is 1. The zero-order valence-corrected chi connectivity index (χ0v) is 12.3. The Hall–Kier alpha value is -1.72. The van der Waals surface area contributed by atoms with Crippen molar-refractivity contribution >= 4 is 11.8 Å². The molecule has 1 saturated heterocycles. The van der Waals surface area contributed by atoms with Gasteiger partial charge in [-0.15, -0.1) is 0 Å². The second kappa shape index (κ2) is 5.95. The molecular formula is C16H21N3O2. The largest absolute Gasteiger partial charge is 0.312 e. The van der Waals surface area contributed by atoms with Gasteiger partial charge in [-0.3, -0.25) is 14.5 Å². The summed E-state index contributed by atoms with van der Waals surface area (Å²) in [5.41, 5.74) is 1.08. The topological polar surface area (TPSA) is 52.7 Å². The lowest BCUT2D eigenvalue weighted by Crippen LogP contribution is -2.49. The van der Waals surface area contributed by atoms with Gasteiger partial charge >= 0.3 is 0 Å². The van der Waals surface area contributed by atoms with Crippen LogP contribution in [0.1, 0.15) is 34.1 Å². The van der Waals surface area contributed by atoms with Gasteiger partial charge in [0.25, 0.3) is 11.8 Å². The number of carbonyl (C=O) groups excluding carboxylic acids is 2. The third-order valence-corrected chi connectivity index (χ3v) is 4.19. The highest BCUT2D eigenvalue weighted by atomic mass is 16.2. The molecule has 1 atom stereocenters. The second-order valence-electron chi connectivity index (χ2n) is 5.82. The Morgan fingerprint density at radius 3 is 2.43 bits per heavy atom. The maximum atomic E-state index is 12.2. The first kappa shape index (κ1) is 14.2. The molecule has 0 aliphatic carbocycles. The zero-order valence-electron chi connectivity index (χ0n) is 12.3. The third-order valence-electron chi connectivity index (χ3n) is 4.19. The second-order valence-corrected chi connectivity index (χ2v) is 5.82. The molecule has 3 rings (SSSR count). The number of fused-ring (bicyclic) bond motifs is 1. The molecule has 0 saturated carbocycles. The van der Waals surface area contributed by atoms with Crippen molar-refractivity contribution in [2.75, 3.05) is 32.7 Å². The van der Waals surface area contributed by atoms with Gasteiger partial charge in [0.15, 0.2) is 0 Å². The van der Waals surface area contributed by atoms with E-state index in [2.05, 4.69) is 17.1 Å². The van der Waals surface area contributed by atoms with Crippen molar-refractivity contribution in [2.45, 2.75) is 19.4 Å². The fourth-order valence-corrected chi connectivity index (χ4v) is 3.11. The summed E-state index contributed by atoms with van der Waals surface area (Å²) in [4.78, 5) is 28.2. The molecule has 0 bridgehead atoms. The molecule has 0 unspecified atom stereocenters. The number of nitrogens with zero attached hydrogens (tertiary/aromatic N) is 2. The summed E-state index contributed by atoms with van der Waals surface area (Å²) < 4.78 is 0. The summed E-state index contributed by atoms with van der Waals surface area (Å²) in [6.45, 7) is 6.68. The predicted octanol–water partition coefficient (Wildman–Crippen LogP) is 0.966. The van der Waals surface area contributed by atoms with Crippen LogP contribution >= 0.6 is 0 Å². The van der Waals surface area contributed by atoms with E-state index in [1.807, 2.05) is 0 Å². The Labute approximate surface area is 124 Å². The van der Waals surface area contributed by atoms with Gasteiger partial charge in [0.05, 0.1) is 11.1 Å². The van der Waals surface area contributed by atoms with Crippen molar-refractivity contribution in [1.29, 1.82) is 0 Å². The molecule has 21 heavy (non-hydrogen) atoms. The van der Waals surface area contributed by atoms with Crippen molar-refractivity contribution in [1.82, 2.24) is 15.1 Å². The van der Waals surface area contributed by atoms with Crippen molar-refractivity contribution in [2.24, 2.45) is 0 Å². The summed E-state index contributed by atoms with van der Waals surface area (Å²) in [6.07, 6.45) is 0.832. The Bertz CT molecular complexity index is 523. The predicted molar refractivity (Wildman–Crippen MR) is 80.3 cm³/mol. The smallest absolute Gasteiger partial charge is 0.261 e. The fourth-order valence-electron chi connectivity index (χ4n) is 3.11. The zero-order chi connectivity index (χ0) is 14.8. The van der Waals surface area contributed by atoms with Gasteiger partial charge in [0, 0.05) is 32.2 Å². The van der Waals surface area contributed by atoms with E-state index in [0.29, 0.717) is 23.7 Å². The van der Waals surface area contributed by atoms with Crippen molar-refractivity contribution in [3.63, 3.8) is 0 Å². The van der Waals surface area contributed by atoms with Crippen LogP contribution in [-0.4, -0.2) is 60.4 Å². The minimum Gasteiger partial charge on any atom is -0.312 e. The average Bonchev–Trinajstić information content (AvgIpc) is 2.73. The molecule has 1 aromatic rings. The molecule has 0 aromatic heterocycles. The number of imide groups is 1. The van der Waals surface area contributed by atoms with E-state index < -0.39 is 0 Å². The molecule has 2 aliphatic heterocycles. The fraction of sp³-hybridized carbons (Fsp3) is 0.500. The quantitative estimate of drug-likeness (QED) is 0.838. The normalized spacial score (nSPS) is 22.7. The number of amides is 2. The molecule has 2 heterocycles. The van der Waals surface area contributed by atoms with E-state index >= 15 is 0 Å². The molecule has 0 spiro atoms. The van der Waals surface area contributed by atoms with E-state index in [1.165, 1.54) is 4.90 Å². The van der Waals surface area contributed by atoms with Crippen LogP contribution in [0.4, 0.5) is 0 Å². The van der Waals surface area contributed by atoms with Crippen LogP contribution in [0.5, 0.6) is 0 Å². The van der Waals surface area contributed by atoms with Gasteiger partial charge in [-0.05, 0) is 32.0 Å². The van der Waals surface area contributed by atoms with Crippen LogP contribution in [0, 0.1) is 0 Å². The number of benzene rings is 1. The standard InChI is InChI=1S/C16H21N3O2/c1-12-11-18(10-7-17-12)8-4-9-19-15(20)13-5-2-3-6-14(13)16(19)21/h2-3,5-6,12,17H,4,7-11H2,1H3/t12-/m1/s1. The van der Waals surface area contributed by atoms with Gasteiger partial charge < -0.3 is 10.2 Å². The van der Waals surface area contributed by atoms with Crippen molar-refractivity contribution < 1.29 is 9.59 Å². The highest BCUT2D eigenvalue weighted by molar-refractivity contribution is 6.21. The number of piperazine rings is 1. The summed E-state index contributed by atoms with van der Waals surface area (Å²) in [5.74, 6) is -0.298. The van der Waals surface area contributed by atoms with E-state index in [-0.39, 0.29) is 11.8 Å². The molecule has 2 aliphatic rings. The molecular weight excluding hydrogens is 266 g/mol. The number of rotatable bonds is 4. The first-order valence-corrected chi connectivity index (χ1v) is 7.58. The lowest BCUT2D eigenvalue weighted by Gasteiger charge is -2.32. The van der Waals surface area contributed by atoms with Crippen molar-refractivity contribution in [3.8, 4) is 0 Å². The Balaban J connectivity index is 1.55. The van der Waals surface area contributed by atoms with E-state index in [9.17, 15) is 9.59 Å². The molecule has 112 valence electrons. The van der Waals surface area contributed by atoms with Crippen LogP contribution in [0.2, 0.25) is 0 Å². The van der Waals surface area contributed by atoms with Gasteiger partial charge in [0.2, 0.25) is 0 Å². The molecule has 1 fully saturated rings. The Morgan fingerprint density at radius 1 is 1.14 bits per heavy atom. The summed E-state index contributed by atoms with van der Waals surface area (Å²) in [5, 5.41) is 3.41. The SMILES string of the molecule is C[C@@H]1CN(CCCN2C(=O)c3ccccc3C2=O)CCN1. The molecule has 0 radical (unpaired) electrons.